The predicted octanol–water partition coefficient (Wildman–Crippen LogP) is 3.75. The minimum Gasteiger partial charge on any atom is -0.465 e. The van der Waals surface area contributed by atoms with E-state index in [1.54, 1.807) is 25.4 Å². The predicted molar refractivity (Wildman–Crippen MR) is 120 cm³/mol. The van der Waals surface area contributed by atoms with Gasteiger partial charge in [0.15, 0.2) is 5.11 Å². The molecule has 0 spiro atoms. The maximum atomic E-state index is 12.2. The third kappa shape index (κ3) is 4.17. The number of aromatic nitrogens is 1. The van der Waals surface area contributed by atoms with Crippen molar-refractivity contribution in [1.82, 2.24) is 15.2 Å². The standard InChI is InChI=1S/C23H23N3O4S/c1-28-14-13-26-21(20(25-23(26)31)17-9-5-6-12-24-17)19-11-10-18(30-19)15-7-3-4-8-16(15)22(27)29-2/h3-12,20-21H,13-14H2,1-2H3,(H,25,31)/t20-,21+/m0/s1. The molecule has 4 rings (SSSR count). The number of nitrogens with zero attached hydrogens (tertiary/aromatic N) is 2. The molecule has 2 aromatic heterocycles. The lowest BCUT2D eigenvalue weighted by atomic mass is 10.0. The van der Waals surface area contributed by atoms with E-state index in [1.165, 1.54) is 7.11 Å². The molecule has 31 heavy (non-hydrogen) atoms. The van der Waals surface area contributed by atoms with E-state index in [2.05, 4.69) is 10.3 Å². The molecule has 0 saturated carbocycles. The number of furan rings is 1. The molecule has 1 aliphatic heterocycles. The van der Waals surface area contributed by atoms with E-state index in [9.17, 15) is 4.79 Å². The quantitative estimate of drug-likeness (QED) is 0.442. The second-order valence-corrected chi connectivity index (χ2v) is 7.44. The number of esters is 1. The highest BCUT2D eigenvalue weighted by Crippen LogP contribution is 2.40. The summed E-state index contributed by atoms with van der Waals surface area (Å²) < 4.78 is 16.5. The number of ether oxygens (including phenoxy) is 2. The molecular weight excluding hydrogens is 414 g/mol. The van der Waals surface area contributed by atoms with Gasteiger partial charge in [-0.3, -0.25) is 4.98 Å². The van der Waals surface area contributed by atoms with Crippen LogP contribution in [0, 0.1) is 0 Å². The van der Waals surface area contributed by atoms with Crippen LogP contribution in [0.2, 0.25) is 0 Å². The Morgan fingerprint density at radius 2 is 1.97 bits per heavy atom. The molecule has 1 aliphatic rings. The van der Waals surface area contributed by atoms with E-state index in [0.29, 0.717) is 40.9 Å². The van der Waals surface area contributed by atoms with Gasteiger partial charge in [0.25, 0.3) is 0 Å². The van der Waals surface area contributed by atoms with Crippen molar-refractivity contribution in [3.05, 3.63) is 77.8 Å². The van der Waals surface area contributed by atoms with Crippen LogP contribution in [0.4, 0.5) is 0 Å². The number of carbonyl (C=O) groups is 1. The highest BCUT2D eigenvalue weighted by molar-refractivity contribution is 7.80. The lowest BCUT2D eigenvalue weighted by molar-refractivity contribution is 0.0601. The zero-order chi connectivity index (χ0) is 21.8. The van der Waals surface area contributed by atoms with Crippen LogP contribution in [0.5, 0.6) is 0 Å². The van der Waals surface area contributed by atoms with E-state index >= 15 is 0 Å². The van der Waals surface area contributed by atoms with Gasteiger partial charge in [0.1, 0.15) is 17.6 Å². The molecule has 0 amide bonds. The van der Waals surface area contributed by atoms with Gasteiger partial charge >= 0.3 is 5.97 Å². The third-order valence-corrected chi connectivity index (χ3v) is 5.60. The molecule has 2 atom stereocenters. The average Bonchev–Trinajstić information content (AvgIpc) is 3.42. The molecule has 0 radical (unpaired) electrons. The Morgan fingerprint density at radius 3 is 2.71 bits per heavy atom. The Bertz CT molecular complexity index is 1070. The van der Waals surface area contributed by atoms with Crippen molar-refractivity contribution >= 4 is 23.3 Å². The molecule has 8 heteroatoms. The van der Waals surface area contributed by atoms with Gasteiger partial charge in [-0.05, 0) is 42.5 Å². The molecular formula is C23H23N3O4S. The van der Waals surface area contributed by atoms with Crippen LogP contribution in [-0.4, -0.2) is 48.3 Å². The Morgan fingerprint density at radius 1 is 1.16 bits per heavy atom. The summed E-state index contributed by atoms with van der Waals surface area (Å²) in [4.78, 5) is 18.8. The Balaban J connectivity index is 1.73. The summed E-state index contributed by atoms with van der Waals surface area (Å²) in [6.07, 6.45) is 1.76. The van der Waals surface area contributed by atoms with Crippen molar-refractivity contribution in [2.24, 2.45) is 0 Å². The highest BCUT2D eigenvalue weighted by atomic mass is 32.1. The minimum absolute atomic E-state index is 0.180. The molecule has 1 fully saturated rings. The number of thiocarbonyl (C=S) groups is 1. The van der Waals surface area contributed by atoms with E-state index in [-0.39, 0.29) is 12.1 Å². The molecule has 1 N–H and O–H groups in total. The average molecular weight is 438 g/mol. The first-order chi connectivity index (χ1) is 15.1. The molecule has 7 nitrogen and oxygen atoms in total. The molecule has 160 valence electrons. The lowest BCUT2D eigenvalue weighted by Crippen LogP contribution is -2.32. The van der Waals surface area contributed by atoms with Gasteiger partial charge in [-0.15, -0.1) is 0 Å². The van der Waals surface area contributed by atoms with Gasteiger partial charge in [-0.25, -0.2) is 4.79 Å². The largest absolute Gasteiger partial charge is 0.465 e. The fraction of sp³-hybridized carbons (Fsp3) is 0.261. The first-order valence-corrected chi connectivity index (χ1v) is 10.3. The molecule has 1 saturated heterocycles. The van der Waals surface area contributed by atoms with Crippen molar-refractivity contribution in [2.45, 2.75) is 12.1 Å². The number of pyridine rings is 1. The van der Waals surface area contributed by atoms with E-state index in [1.807, 2.05) is 47.4 Å². The van der Waals surface area contributed by atoms with Crippen molar-refractivity contribution in [2.75, 3.05) is 27.4 Å². The fourth-order valence-corrected chi connectivity index (χ4v) is 4.12. The monoisotopic (exact) mass is 437 g/mol. The molecule has 3 aromatic rings. The zero-order valence-corrected chi connectivity index (χ0v) is 18.1. The number of methoxy groups -OCH3 is 2. The van der Waals surface area contributed by atoms with Gasteiger partial charge in [0.2, 0.25) is 0 Å². The van der Waals surface area contributed by atoms with Crippen molar-refractivity contribution < 1.29 is 18.7 Å². The van der Waals surface area contributed by atoms with E-state index < -0.39 is 5.97 Å². The number of carbonyl (C=O) groups excluding carboxylic acids is 1. The third-order valence-electron chi connectivity index (χ3n) is 5.25. The summed E-state index contributed by atoms with van der Waals surface area (Å²) in [7, 11) is 3.02. The van der Waals surface area contributed by atoms with Gasteiger partial charge in [0, 0.05) is 25.4 Å². The zero-order valence-electron chi connectivity index (χ0n) is 17.3. The Hall–Kier alpha value is -3.23. The second kappa shape index (κ2) is 9.28. The summed E-state index contributed by atoms with van der Waals surface area (Å²) in [6.45, 7) is 1.12. The van der Waals surface area contributed by atoms with Gasteiger partial charge < -0.3 is 24.1 Å². The summed E-state index contributed by atoms with van der Waals surface area (Å²) in [6, 6.07) is 16.4. The van der Waals surface area contributed by atoms with Gasteiger partial charge in [-0.1, -0.05) is 24.3 Å². The SMILES string of the molecule is COCCN1C(=S)N[C@@H](c2ccccn2)[C@H]1c1ccc(-c2ccccc2C(=O)OC)o1. The van der Waals surface area contributed by atoms with Crippen LogP contribution >= 0.6 is 12.2 Å². The first kappa shape index (κ1) is 21.0. The summed E-state index contributed by atoms with van der Waals surface area (Å²) in [5, 5.41) is 3.99. The maximum absolute atomic E-state index is 12.2. The van der Waals surface area contributed by atoms with Crippen molar-refractivity contribution in [1.29, 1.82) is 0 Å². The molecule has 0 bridgehead atoms. The van der Waals surface area contributed by atoms with Crippen LogP contribution < -0.4 is 5.32 Å². The lowest BCUT2D eigenvalue weighted by Gasteiger charge is -2.25. The molecule has 1 aromatic carbocycles. The Kier molecular flexibility index (Phi) is 6.29. The number of nitrogens with one attached hydrogen (secondary N) is 1. The van der Waals surface area contributed by atoms with Gasteiger partial charge in [0.05, 0.1) is 31.0 Å². The van der Waals surface area contributed by atoms with E-state index in [0.717, 1.165) is 5.69 Å². The van der Waals surface area contributed by atoms with Crippen molar-refractivity contribution in [3.8, 4) is 11.3 Å². The van der Waals surface area contributed by atoms with Crippen LogP contribution in [-0.2, 0) is 9.47 Å². The second-order valence-electron chi connectivity index (χ2n) is 7.05. The molecule has 0 aliphatic carbocycles. The van der Waals surface area contributed by atoms with Crippen LogP contribution in [0.3, 0.4) is 0 Å². The smallest absolute Gasteiger partial charge is 0.338 e. The van der Waals surface area contributed by atoms with Crippen molar-refractivity contribution in [3.63, 3.8) is 0 Å². The summed E-state index contributed by atoms with van der Waals surface area (Å²) in [5.41, 5.74) is 1.98. The fourth-order valence-electron chi connectivity index (χ4n) is 3.79. The van der Waals surface area contributed by atoms with Crippen LogP contribution in [0.25, 0.3) is 11.3 Å². The Labute approximate surface area is 186 Å². The van der Waals surface area contributed by atoms with Crippen LogP contribution in [0.1, 0.15) is 33.9 Å². The number of hydrogen-bond acceptors (Lipinski definition) is 6. The van der Waals surface area contributed by atoms with Crippen LogP contribution in [0.15, 0.2) is 65.2 Å². The topological polar surface area (TPSA) is 76.8 Å². The highest BCUT2D eigenvalue weighted by Gasteiger charge is 2.41. The maximum Gasteiger partial charge on any atom is 0.338 e. The first-order valence-electron chi connectivity index (χ1n) is 9.88. The molecule has 0 unspecified atom stereocenters. The van der Waals surface area contributed by atoms with E-state index in [4.69, 9.17) is 26.1 Å². The molecule has 3 heterocycles. The number of hydrogen-bond donors (Lipinski definition) is 1. The number of benzene rings is 1. The normalized spacial score (nSPS) is 18.1. The minimum atomic E-state index is -0.412. The van der Waals surface area contributed by atoms with Gasteiger partial charge in [-0.2, -0.15) is 0 Å². The summed E-state index contributed by atoms with van der Waals surface area (Å²) in [5.74, 6) is 0.888. The summed E-state index contributed by atoms with van der Waals surface area (Å²) >= 11 is 5.61. The number of rotatable bonds is 7.